The lowest BCUT2D eigenvalue weighted by Crippen LogP contribution is -2.51. The Hall–Kier alpha value is -4.13. The molecule has 338 valence electrons. The number of hydrogen-bond donors (Lipinski definition) is 0. The SMILES string of the molecule is CC(C)[Si](Oc1cc2c(=O)ccc(=O)c2c2c1ccc1c(O[Si](C(C)C)(C(C)C)C(C)C)cc3c(O[Si](C(C)C)(C(C)C)C(C)C)cc4c(=O)ccc(=O)c4c3c12)(C(C)C)C(C)C. The molecule has 0 atom stereocenters. The van der Waals surface area contributed by atoms with E-state index >= 15 is 0 Å². The summed E-state index contributed by atoms with van der Waals surface area (Å²) in [5.74, 6) is 1.73. The van der Waals surface area contributed by atoms with Crippen LogP contribution < -0.4 is 35.0 Å². The van der Waals surface area contributed by atoms with Crippen molar-refractivity contribution in [2.75, 3.05) is 0 Å². The molecule has 0 unspecified atom stereocenters. The summed E-state index contributed by atoms with van der Waals surface area (Å²) in [6.07, 6.45) is 0. The van der Waals surface area contributed by atoms with E-state index in [0.717, 1.165) is 0 Å². The Labute approximate surface area is 377 Å². The zero-order valence-corrected chi connectivity index (χ0v) is 44.3. The van der Waals surface area contributed by atoms with E-state index in [9.17, 15) is 19.2 Å². The quantitative estimate of drug-likeness (QED) is 0.0748. The predicted octanol–water partition coefficient (Wildman–Crippen LogP) is 14.4. The second-order valence-corrected chi connectivity index (χ2v) is 37.3. The molecule has 6 aromatic carbocycles. The van der Waals surface area contributed by atoms with Crippen molar-refractivity contribution in [3.05, 3.63) is 95.5 Å². The number of rotatable bonds is 15. The Morgan fingerprint density at radius 1 is 0.286 bits per heavy atom. The summed E-state index contributed by atoms with van der Waals surface area (Å²) in [6, 6.07) is 15.1. The van der Waals surface area contributed by atoms with Crippen LogP contribution in [0.25, 0.3) is 53.9 Å². The van der Waals surface area contributed by atoms with Gasteiger partial charge >= 0.3 is 0 Å². The van der Waals surface area contributed by atoms with Crippen LogP contribution in [0.2, 0.25) is 49.9 Å². The molecule has 0 N–H and O–H groups in total. The molecule has 0 spiro atoms. The van der Waals surface area contributed by atoms with Crippen LogP contribution in [0.4, 0.5) is 0 Å². The molecule has 0 aliphatic carbocycles. The van der Waals surface area contributed by atoms with Crippen LogP contribution in [0.5, 0.6) is 17.2 Å². The van der Waals surface area contributed by atoms with E-state index in [1.54, 1.807) is 12.1 Å². The summed E-state index contributed by atoms with van der Waals surface area (Å²) in [5.41, 5.74) is 0.770. The molecule has 0 radical (unpaired) electrons. The first-order valence-electron chi connectivity index (χ1n) is 23.5. The van der Waals surface area contributed by atoms with Crippen molar-refractivity contribution in [2.24, 2.45) is 0 Å². The average Bonchev–Trinajstić information content (AvgIpc) is 3.18. The van der Waals surface area contributed by atoms with Crippen LogP contribution in [0.15, 0.2) is 73.8 Å². The maximum atomic E-state index is 14.6. The van der Waals surface area contributed by atoms with Gasteiger partial charge in [-0.15, -0.1) is 0 Å². The third-order valence-corrected chi connectivity index (χ3v) is 33.1. The Balaban J connectivity index is 2.04. The summed E-state index contributed by atoms with van der Waals surface area (Å²) in [4.78, 5) is 57.5. The van der Waals surface area contributed by atoms with Gasteiger partial charge in [-0.05, 0) is 104 Å². The van der Waals surface area contributed by atoms with E-state index in [-0.39, 0.29) is 93.1 Å². The molecule has 10 heteroatoms. The highest BCUT2D eigenvalue weighted by Crippen LogP contribution is 2.53. The average molecular weight is 905 g/mol. The van der Waals surface area contributed by atoms with E-state index < -0.39 is 25.0 Å². The first-order chi connectivity index (χ1) is 29.3. The first kappa shape index (κ1) is 48.3. The molecule has 63 heavy (non-hydrogen) atoms. The van der Waals surface area contributed by atoms with Crippen LogP contribution in [0.1, 0.15) is 125 Å². The normalized spacial score (nSPS) is 13.5. The Bertz CT molecular complexity index is 2790. The fourth-order valence-corrected chi connectivity index (χ4v) is 28.4. The van der Waals surface area contributed by atoms with Crippen molar-refractivity contribution >= 4 is 78.8 Å². The molecule has 6 rings (SSSR count). The van der Waals surface area contributed by atoms with Gasteiger partial charge < -0.3 is 13.3 Å². The standard InChI is InChI=1S/C53H72O7Si3/c1-28(2)61(29(3)4,30(5)6)58-46-25-39-42(54)21-23-44(56)49(39)51-37(46)19-20-38-47(59-62(31(7)8,32(9)10)33(11)12)27-41-48(60-63(34(13)14,35(15)16)36(17)18)26-40-43(55)22-24-45(57)50(40)53(41)52(38)51/h19-36H,1-18H3. The molecule has 0 fully saturated rings. The van der Waals surface area contributed by atoms with Crippen molar-refractivity contribution in [2.45, 2.75) is 174 Å². The molecule has 0 bridgehead atoms. The van der Waals surface area contributed by atoms with Gasteiger partial charge in [-0.1, -0.05) is 125 Å². The van der Waals surface area contributed by atoms with E-state index in [1.165, 1.54) is 24.3 Å². The van der Waals surface area contributed by atoms with Gasteiger partial charge in [0, 0.05) is 53.9 Å². The molecule has 0 saturated heterocycles. The van der Waals surface area contributed by atoms with Crippen molar-refractivity contribution in [3.8, 4) is 17.2 Å². The highest BCUT2D eigenvalue weighted by molar-refractivity contribution is 6.79. The minimum Gasteiger partial charge on any atom is -0.542 e. The van der Waals surface area contributed by atoms with Gasteiger partial charge in [-0.25, -0.2) is 0 Å². The summed E-state index contributed by atoms with van der Waals surface area (Å²) in [6.45, 7) is 40.3. The summed E-state index contributed by atoms with van der Waals surface area (Å²) >= 11 is 0. The third-order valence-electron chi connectivity index (χ3n) is 15.2. The predicted molar refractivity (Wildman–Crippen MR) is 276 cm³/mol. The molecule has 0 amide bonds. The van der Waals surface area contributed by atoms with Crippen molar-refractivity contribution in [1.29, 1.82) is 0 Å². The second-order valence-electron chi connectivity index (χ2n) is 21.2. The zero-order valence-electron chi connectivity index (χ0n) is 41.3. The molecular formula is C53H72O7Si3. The minimum atomic E-state index is -2.69. The van der Waals surface area contributed by atoms with Gasteiger partial charge in [0.25, 0.3) is 25.0 Å². The van der Waals surface area contributed by atoms with E-state index in [0.29, 0.717) is 49.6 Å². The maximum Gasteiger partial charge on any atom is 0.258 e. The summed E-state index contributed by atoms with van der Waals surface area (Å²) in [5, 5.41) is 4.73. The van der Waals surface area contributed by atoms with Gasteiger partial charge in [0.1, 0.15) is 17.2 Å². The number of benzene rings is 6. The Morgan fingerprint density at radius 2 is 0.508 bits per heavy atom. The van der Waals surface area contributed by atoms with Crippen LogP contribution in [-0.2, 0) is 0 Å². The van der Waals surface area contributed by atoms with Crippen molar-refractivity contribution in [1.82, 2.24) is 0 Å². The molecule has 7 nitrogen and oxygen atoms in total. The van der Waals surface area contributed by atoms with Gasteiger partial charge in [0.2, 0.25) is 0 Å². The first-order valence-corrected chi connectivity index (χ1v) is 29.9. The number of fused-ring (bicyclic) bond motifs is 9. The molecule has 6 aromatic rings. The third kappa shape index (κ3) is 7.44. The maximum absolute atomic E-state index is 14.6. The highest BCUT2D eigenvalue weighted by atomic mass is 28.4. The smallest absolute Gasteiger partial charge is 0.258 e. The van der Waals surface area contributed by atoms with E-state index in [2.05, 4.69) is 131 Å². The van der Waals surface area contributed by atoms with Gasteiger partial charge in [0.05, 0.1) is 0 Å². The summed E-state index contributed by atoms with van der Waals surface area (Å²) < 4.78 is 22.8. The minimum absolute atomic E-state index is 0.204. The molecule has 0 saturated carbocycles. The molecule has 0 aromatic heterocycles. The van der Waals surface area contributed by atoms with Crippen LogP contribution in [0.3, 0.4) is 0 Å². The van der Waals surface area contributed by atoms with E-state index in [4.69, 9.17) is 13.3 Å². The lowest BCUT2D eigenvalue weighted by molar-refractivity contribution is 0.480. The lowest BCUT2D eigenvalue weighted by atomic mass is 9.89. The van der Waals surface area contributed by atoms with Crippen molar-refractivity contribution in [3.63, 3.8) is 0 Å². The Kier molecular flexibility index (Phi) is 13.3. The summed E-state index contributed by atoms with van der Waals surface area (Å²) in [7, 11) is -7.99. The Morgan fingerprint density at radius 3 is 0.794 bits per heavy atom. The van der Waals surface area contributed by atoms with Crippen LogP contribution in [0, 0.1) is 0 Å². The molecular weight excluding hydrogens is 833 g/mol. The molecule has 0 aliphatic heterocycles. The topological polar surface area (TPSA) is 96.0 Å². The number of hydrogen-bond acceptors (Lipinski definition) is 7. The fraction of sp³-hybridized carbons (Fsp3) is 0.509. The highest BCUT2D eigenvalue weighted by Gasteiger charge is 2.50. The largest absolute Gasteiger partial charge is 0.542 e. The molecule has 0 heterocycles. The fourth-order valence-electron chi connectivity index (χ4n) is 12.7. The van der Waals surface area contributed by atoms with Gasteiger partial charge in [0.15, 0.2) is 21.7 Å². The van der Waals surface area contributed by atoms with Gasteiger partial charge in [-0.2, -0.15) is 0 Å². The lowest BCUT2D eigenvalue weighted by Gasteiger charge is -2.43. The van der Waals surface area contributed by atoms with Crippen LogP contribution in [-0.4, -0.2) is 25.0 Å². The van der Waals surface area contributed by atoms with Crippen LogP contribution >= 0.6 is 0 Å². The molecule has 0 aliphatic rings. The monoisotopic (exact) mass is 904 g/mol. The van der Waals surface area contributed by atoms with Crippen molar-refractivity contribution < 1.29 is 13.3 Å². The van der Waals surface area contributed by atoms with E-state index in [1.807, 2.05) is 12.1 Å². The zero-order chi connectivity index (χ0) is 47.0. The van der Waals surface area contributed by atoms with Gasteiger partial charge in [-0.3, -0.25) is 19.2 Å². The second kappa shape index (κ2) is 17.3.